The molecule has 2 aromatic rings. The molecule has 0 heterocycles. The molecule has 170 valence electrons. The third-order valence-electron chi connectivity index (χ3n) is 4.02. The van der Waals surface area contributed by atoms with Gasteiger partial charge in [-0.25, -0.2) is 14.6 Å². The van der Waals surface area contributed by atoms with Gasteiger partial charge in [-0.2, -0.15) is 0 Å². The van der Waals surface area contributed by atoms with E-state index in [0.717, 1.165) is 5.56 Å². The molecule has 0 atom stereocenters. The van der Waals surface area contributed by atoms with E-state index in [1.54, 1.807) is 18.2 Å². The van der Waals surface area contributed by atoms with Gasteiger partial charge in [-0.05, 0) is 37.6 Å². The van der Waals surface area contributed by atoms with Gasteiger partial charge >= 0.3 is 12.2 Å². The first-order chi connectivity index (χ1) is 15.3. The van der Waals surface area contributed by atoms with Crippen molar-refractivity contribution < 1.29 is 28.6 Å². The van der Waals surface area contributed by atoms with Crippen LogP contribution in [-0.2, 0) is 14.3 Å². The molecule has 10 nitrogen and oxygen atoms in total. The monoisotopic (exact) mass is 442 g/mol. The molecule has 3 amide bonds. The van der Waals surface area contributed by atoms with E-state index in [0.29, 0.717) is 30.0 Å². The Balaban J connectivity index is 2.41. The normalized spacial score (nSPS) is 9.88. The van der Waals surface area contributed by atoms with Crippen molar-refractivity contribution in [3.05, 3.63) is 48.0 Å². The summed E-state index contributed by atoms with van der Waals surface area (Å²) in [4.78, 5) is 39.7. The van der Waals surface area contributed by atoms with Crippen LogP contribution in [0.15, 0.2) is 47.5 Å². The zero-order valence-electron chi connectivity index (χ0n) is 18.4. The van der Waals surface area contributed by atoms with E-state index < -0.39 is 12.2 Å². The molecule has 0 saturated carbocycles. The minimum Gasteiger partial charge on any atom is -0.457 e. The van der Waals surface area contributed by atoms with Crippen LogP contribution in [0.3, 0.4) is 0 Å². The number of hydrogen-bond acceptors (Lipinski definition) is 7. The number of carbonyl (C=O) groups excluding carboxylic acids is 3. The highest BCUT2D eigenvalue weighted by Gasteiger charge is 2.14. The fourth-order valence-corrected chi connectivity index (χ4v) is 2.46. The summed E-state index contributed by atoms with van der Waals surface area (Å²) in [6.07, 6.45) is -0.741. The number of carbonyl (C=O) groups is 3. The second-order valence-corrected chi connectivity index (χ2v) is 6.59. The van der Waals surface area contributed by atoms with Gasteiger partial charge in [0.2, 0.25) is 11.9 Å². The summed E-state index contributed by atoms with van der Waals surface area (Å²) >= 11 is 0. The molecule has 0 aromatic heterocycles. The van der Waals surface area contributed by atoms with Gasteiger partial charge in [-0.3, -0.25) is 15.4 Å². The third kappa shape index (κ3) is 7.63. The van der Waals surface area contributed by atoms with Crippen molar-refractivity contribution in [2.24, 2.45) is 4.99 Å². The number of anilines is 1. The van der Waals surface area contributed by atoms with Gasteiger partial charge in [0.05, 0.1) is 25.6 Å². The molecular weight excluding hydrogens is 416 g/mol. The predicted octanol–water partition coefficient (Wildman–Crippen LogP) is 4.23. The zero-order valence-corrected chi connectivity index (χ0v) is 18.4. The average molecular weight is 442 g/mol. The largest absolute Gasteiger partial charge is 0.457 e. The first-order valence-corrected chi connectivity index (χ1v) is 9.81. The highest BCUT2D eigenvalue weighted by atomic mass is 16.5. The molecule has 2 rings (SSSR count). The minimum atomic E-state index is -0.851. The molecule has 3 N–H and O–H groups in total. The van der Waals surface area contributed by atoms with E-state index in [1.165, 1.54) is 14.2 Å². The molecule has 10 heteroatoms. The number of aliphatic imine (C=N–C) groups is 1. The lowest BCUT2D eigenvalue weighted by molar-refractivity contribution is -0.116. The maximum absolute atomic E-state index is 12.2. The molecule has 2 aromatic carbocycles. The molecule has 0 spiro atoms. The number of ether oxygens (including phenoxy) is 3. The lowest BCUT2D eigenvalue weighted by atomic mass is 10.2. The Morgan fingerprint density at radius 1 is 0.906 bits per heavy atom. The second kappa shape index (κ2) is 11.9. The maximum Gasteiger partial charge on any atom is 0.413 e. The fourth-order valence-electron chi connectivity index (χ4n) is 2.46. The van der Waals surface area contributed by atoms with Gasteiger partial charge in [0.1, 0.15) is 11.5 Å². The van der Waals surface area contributed by atoms with Crippen LogP contribution < -0.4 is 20.7 Å². The predicted molar refractivity (Wildman–Crippen MR) is 119 cm³/mol. The summed E-state index contributed by atoms with van der Waals surface area (Å²) in [6, 6.07) is 12.3. The molecule has 0 saturated heterocycles. The zero-order chi connectivity index (χ0) is 23.5. The van der Waals surface area contributed by atoms with Crippen molar-refractivity contribution >= 4 is 35.4 Å². The first kappa shape index (κ1) is 24.2. The molecule has 0 bridgehead atoms. The first-order valence-electron chi connectivity index (χ1n) is 9.81. The topological polar surface area (TPSA) is 127 Å². The molecule has 0 aliphatic rings. The number of benzene rings is 2. The van der Waals surface area contributed by atoms with Crippen LogP contribution in [0, 0.1) is 6.92 Å². The number of aryl methyl sites for hydroxylation is 1. The lowest BCUT2D eigenvalue weighted by Crippen LogP contribution is -2.43. The van der Waals surface area contributed by atoms with Crippen molar-refractivity contribution in [2.45, 2.75) is 26.7 Å². The van der Waals surface area contributed by atoms with Gasteiger partial charge in [0.15, 0.2) is 0 Å². The number of rotatable bonds is 6. The van der Waals surface area contributed by atoms with E-state index in [-0.39, 0.29) is 17.6 Å². The Morgan fingerprint density at radius 2 is 1.50 bits per heavy atom. The van der Waals surface area contributed by atoms with E-state index in [2.05, 4.69) is 30.4 Å². The van der Waals surface area contributed by atoms with E-state index >= 15 is 0 Å². The van der Waals surface area contributed by atoms with Gasteiger partial charge < -0.3 is 19.5 Å². The molecule has 0 aliphatic heterocycles. The van der Waals surface area contributed by atoms with Crippen LogP contribution in [-0.4, -0.2) is 38.3 Å². The third-order valence-corrected chi connectivity index (χ3v) is 4.02. The number of methoxy groups -OCH3 is 2. The van der Waals surface area contributed by atoms with E-state index in [9.17, 15) is 14.4 Å². The minimum absolute atomic E-state index is 0.222. The van der Waals surface area contributed by atoms with Crippen molar-refractivity contribution in [3.63, 3.8) is 0 Å². The molecule has 0 fully saturated rings. The standard InChI is InChI=1S/C22H26N4O6/c1-5-6-19(27)23-18-13-16(32-15-9-7-14(2)8-10-15)11-12-17(18)24-20(25-21(28)30-3)26-22(29)31-4/h7-13H,5-6H2,1-4H3,(H,23,27)(H2,24,25,26,28,29). The van der Waals surface area contributed by atoms with Crippen LogP contribution in [0.5, 0.6) is 11.5 Å². The second-order valence-electron chi connectivity index (χ2n) is 6.59. The molecule has 32 heavy (non-hydrogen) atoms. The molecule has 0 radical (unpaired) electrons. The molecule has 0 unspecified atom stereocenters. The van der Waals surface area contributed by atoms with Crippen LogP contribution >= 0.6 is 0 Å². The Labute approximate surface area is 186 Å². The van der Waals surface area contributed by atoms with Gasteiger partial charge in [0, 0.05) is 12.5 Å². The van der Waals surface area contributed by atoms with Crippen molar-refractivity contribution in [3.8, 4) is 11.5 Å². The number of nitrogens with zero attached hydrogens (tertiary/aromatic N) is 1. The van der Waals surface area contributed by atoms with E-state index in [4.69, 9.17) is 4.74 Å². The quantitative estimate of drug-likeness (QED) is 0.454. The van der Waals surface area contributed by atoms with Crippen molar-refractivity contribution in [1.29, 1.82) is 0 Å². The Bertz CT molecular complexity index is 968. The maximum atomic E-state index is 12.2. The van der Waals surface area contributed by atoms with Crippen molar-refractivity contribution in [1.82, 2.24) is 10.6 Å². The average Bonchev–Trinajstić information content (AvgIpc) is 2.77. The van der Waals surface area contributed by atoms with Crippen LogP contribution in [0.1, 0.15) is 25.3 Å². The Morgan fingerprint density at radius 3 is 2.06 bits per heavy atom. The summed E-state index contributed by atoms with van der Waals surface area (Å²) in [7, 11) is 2.33. The van der Waals surface area contributed by atoms with Crippen LogP contribution in [0.25, 0.3) is 0 Å². The van der Waals surface area contributed by atoms with Gasteiger partial charge in [-0.15, -0.1) is 0 Å². The number of alkyl carbamates (subject to hydrolysis) is 2. The number of nitrogens with one attached hydrogen (secondary N) is 3. The summed E-state index contributed by atoms with van der Waals surface area (Å²) in [5.41, 5.74) is 1.68. The highest BCUT2D eigenvalue weighted by Crippen LogP contribution is 2.32. The summed E-state index contributed by atoms with van der Waals surface area (Å²) in [5, 5.41) is 7.33. The highest BCUT2D eigenvalue weighted by molar-refractivity contribution is 6.03. The van der Waals surface area contributed by atoms with Crippen LogP contribution in [0.4, 0.5) is 21.0 Å². The van der Waals surface area contributed by atoms with E-state index in [1.807, 2.05) is 38.1 Å². The fraction of sp³-hybridized carbons (Fsp3) is 0.273. The number of amides is 3. The van der Waals surface area contributed by atoms with Gasteiger partial charge in [-0.1, -0.05) is 24.6 Å². The SMILES string of the molecule is CCCC(=O)Nc1cc(Oc2ccc(C)cc2)ccc1N=C(NC(=O)OC)NC(=O)OC. The van der Waals surface area contributed by atoms with Crippen LogP contribution in [0.2, 0.25) is 0 Å². The van der Waals surface area contributed by atoms with Crippen molar-refractivity contribution in [2.75, 3.05) is 19.5 Å². The number of guanidine groups is 1. The molecular formula is C22H26N4O6. The van der Waals surface area contributed by atoms with Gasteiger partial charge in [0.25, 0.3) is 0 Å². The molecule has 0 aliphatic carbocycles. The Kier molecular flexibility index (Phi) is 9.03. The summed E-state index contributed by atoms with van der Waals surface area (Å²) in [5.74, 6) is 0.614. The number of hydrogen-bond donors (Lipinski definition) is 3. The summed E-state index contributed by atoms with van der Waals surface area (Å²) < 4.78 is 14.9. The lowest BCUT2D eigenvalue weighted by Gasteiger charge is -2.13. The smallest absolute Gasteiger partial charge is 0.413 e. The summed E-state index contributed by atoms with van der Waals surface area (Å²) in [6.45, 7) is 3.86. The Hall–Kier alpha value is -4.08.